The fraction of sp³-hybridized carbons (Fsp3) is 0.500. The molecular formula is C24H24F6N4. The fourth-order valence-corrected chi connectivity index (χ4v) is 4.26. The molecule has 0 atom stereocenters. The van der Waals surface area contributed by atoms with Crippen LogP contribution in [0.5, 0.6) is 0 Å². The van der Waals surface area contributed by atoms with E-state index in [1.54, 1.807) is 24.3 Å². The van der Waals surface area contributed by atoms with Crippen LogP contribution in [0.1, 0.15) is 73.6 Å². The normalized spacial score (nSPS) is 17.9. The minimum atomic E-state index is -4.60. The molecule has 34 heavy (non-hydrogen) atoms. The molecule has 4 rings (SSSR count). The predicted octanol–water partition coefficient (Wildman–Crippen LogP) is 8.54. The Kier molecular flexibility index (Phi) is 6.29. The smallest absolute Gasteiger partial charge is 0.166 e. The van der Waals surface area contributed by atoms with E-state index in [-0.39, 0.29) is 17.0 Å². The van der Waals surface area contributed by atoms with Crippen LogP contribution in [-0.4, -0.2) is 12.4 Å². The minimum Gasteiger partial charge on any atom is -0.166 e. The van der Waals surface area contributed by atoms with Crippen molar-refractivity contribution in [3.05, 3.63) is 70.8 Å². The molecule has 2 aliphatic rings. The first-order valence-electron chi connectivity index (χ1n) is 11.3. The van der Waals surface area contributed by atoms with Crippen molar-refractivity contribution in [2.75, 3.05) is 0 Å². The minimum absolute atomic E-state index is 0.0510. The molecular weight excluding hydrogens is 458 g/mol. The van der Waals surface area contributed by atoms with Crippen molar-refractivity contribution in [2.24, 2.45) is 20.5 Å². The molecule has 0 saturated carbocycles. The lowest BCUT2D eigenvalue weighted by Crippen LogP contribution is -2.30. The Morgan fingerprint density at radius 3 is 1.32 bits per heavy atom. The lowest BCUT2D eigenvalue weighted by molar-refractivity contribution is -0.166. The quantitative estimate of drug-likeness (QED) is 0.241. The molecule has 0 fully saturated rings. The summed E-state index contributed by atoms with van der Waals surface area (Å²) in [7, 11) is 0. The van der Waals surface area contributed by atoms with Gasteiger partial charge in [0.2, 0.25) is 0 Å². The van der Waals surface area contributed by atoms with E-state index < -0.39 is 23.7 Å². The molecule has 182 valence electrons. The second-order valence-electron chi connectivity index (χ2n) is 8.74. The molecule has 2 aromatic carbocycles. The molecule has 0 saturated heterocycles. The third-order valence-corrected chi connectivity index (χ3v) is 6.42. The maximum Gasteiger partial charge on any atom is 0.442 e. The zero-order valence-corrected chi connectivity index (χ0v) is 18.5. The van der Waals surface area contributed by atoms with Gasteiger partial charge in [0, 0.05) is 17.0 Å². The standard InChI is InChI=1S/C24H24F6N4/c1-2-3-4-5-6-7-20(16-8-12-18(13-9-16)21(31-32-21)23(25,26)27)17-10-14-19(15-11-17)22(33-34-22)24(28,29)30/h8-15,20H,2-7H2,1H3. The van der Waals surface area contributed by atoms with Crippen molar-refractivity contribution in [3.8, 4) is 0 Å². The van der Waals surface area contributed by atoms with E-state index in [9.17, 15) is 26.3 Å². The summed E-state index contributed by atoms with van der Waals surface area (Å²) in [6.07, 6.45) is -3.29. The molecule has 2 heterocycles. The van der Waals surface area contributed by atoms with Gasteiger partial charge in [0.05, 0.1) is 0 Å². The highest BCUT2D eigenvalue weighted by Crippen LogP contribution is 2.53. The Morgan fingerprint density at radius 1 is 0.618 bits per heavy atom. The van der Waals surface area contributed by atoms with Crippen molar-refractivity contribution in [1.82, 2.24) is 0 Å². The van der Waals surface area contributed by atoms with Crippen LogP contribution in [-0.2, 0) is 11.3 Å². The highest BCUT2D eigenvalue weighted by atomic mass is 19.4. The van der Waals surface area contributed by atoms with Crippen LogP contribution in [0.3, 0.4) is 0 Å². The monoisotopic (exact) mass is 482 g/mol. The van der Waals surface area contributed by atoms with Gasteiger partial charge in [-0.1, -0.05) is 87.6 Å². The highest BCUT2D eigenvalue weighted by molar-refractivity contribution is 5.40. The number of nitrogens with zero attached hydrogens (tertiary/aromatic N) is 4. The van der Waals surface area contributed by atoms with Crippen LogP contribution in [0.15, 0.2) is 69.0 Å². The first kappa shape index (κ1) is 24.3. The van der Waals surface area contributed by atoms with E-state index in [0.29, 0.717) is 0 Å². The van der Waals surface area contributed by atoms with E-state index in [1.807, 2.05) is 0 Å². The fourth-order valence-electron chi connectivity index (χ4n) is 4.26. The van der Waals surface area contributed by atoms with E-state index in [0.717, 1.165) is 49.7 Å². The number of rotatable bonds is 10. The number of hydrogen-bond acceptors (Lipinski definition) is 4. The van der Waals surface area contributed by atoms with E-state index >= 15 is 0 Å². The molecule has 0 spiro atoms. The molecule has 0 amide bonds. The summed E-state index contributed by atoms with van der Waals surface area (Å²) >= 11 is 0. The Hall–Kier alpha value is -2.78. The summed E-state index contributed by atoms with van der Waals surface area (Å²) in [6.45, 7) is 2.12. The van der Waals surface area contributed by atoms with Gasteiger partial charge in [-0.25, -0.2) is 0 Å². The number of alkyl halides is 6. The van der Waals surface area contributed by atoms with Crippen molar-refractivity contribution in [3.63, 3.8) is 0 Å². The zero-order chi connectivity index (χ0) is 24.6. The van der Waals surface area contributed by atoms with Gasteiger partial charge in [-0.2, -0.15) is 26.3 Å². The molecule has 2 aliphatic heterocycles. The van der Waals surface area contributed by atoms with Crippen LogP contribution in [0.2, 0.25) is 0 Å². The summed E-state index contributed by atoms with van der Waals surface area (Å²) < 4.78 is 79.9. The molecule has 0 aliphatic carbocycles. The Morgan fingerprint density at radius 2 is 1.00 bits per heavy atom. The van der Waals surface area contributed by atoms with Crippen molar-refractivity contribution < 1.29 is 26.3 Å². The van der Waals surface area contributed by atoms with Gasteiger partial charge in [-0.15, -0.1) is 20.5 Å². The highest BCUT2D eigenvalue weighted by Gasteiger charge is 2.65. The maximum absolute atomic E-state index is 13.3. The maximum atomic E-state index is 13.3. The first-order chi connectivity index (χ1) is 16.0. The summed E-state index contributed by atoms with van der Waals surface area (Å²) in [4.78, 5) is 0. The van der Waals surface area contributed by atoms with Gasteiger partial charge >= 0.3 is 23.7 Å². The molecule has 0 radical (unpaired) electrons. The molecule has 0 aromatic heterocycles. The predicted molar refractivity (Wildman–Crippen MR) is 113 cm³/mol. The Bertz CT molecular complexity index is 963. The largest absolute Gasteiger partial charge is 0.442 e. The average Bonchev–Trinajstić information content (AvgIpc) is 3.69. The number of halogens is 6. The lowest BCUT2D eigenvalue weighted by Gasteiger charge is -2.21. The van der Waals surface area contributed by atoms with Gasteiger partial charge < -0.3 is 0 Å². The van der Waals surface area contributed by atoms with Gasteiger partial charge in [0.25, 0.3) is 0 Å². The molecule has 4 nitrogen and oxygen atoms in total. The van der Waals surface area contributed by atoms with Crippen LogP contribution in [0.25, 0.3) is 0 Å². The van der Waals surface area contributed by atoms with E-state index in [2.05, 4.69) is 27.4 Å². The summed E-state index contributed by atoms with van der Waals surface area (Å²) in [5.74, 6) is -0.172. The molecule has 2 aromatic rings. The van der Waals surface area contributed by atoms with Crippen LogP contribution >= 0.6 is 0 Å². The first-order valence-corrected chi connectivity index (χ1v) is 11.3. The summed E-state index contributed by atoms with van der Waals surface area (Å²) in [5.41, 5.74) is -3.49. The van der Waals surface area contributed by atoms with Crippen molar-refractivity contribution >= 4 is 0 Å². The van der Waals surface area contributed by atoms with Gasteiger partial charge in [0.15, 0.2) is 0 Å². The number of benzene rings is 2. The average molecular weight is 482 g/mol. The van der Waals surface area contributed by atoms with Crippen molar-refractivity contribution in [2.45, 2.75) is 75.0 Å². The van der Waals surface area contributed by atoms with Gasteiger partial charge in [-0.3, -0.25) is 0 Å². The second kappa shape index (κ2) is 8.78. The molecule has 0 unspecified atom stereocenters. The van der Waals surface area contributed by atoms with Crippen LogP contribution in [0.4, 0.5) is 26.3 Å². The SMILES string of the molecule is CCCCCCCC(c1ccc(C2(C(F)(F)F)N=N2)cc1)c1ccc(C2(C(F)(F)F)N=N2)cc1. The third kappa shape index (κ3) is 4.46. The van der Waals surface area contributed by atoms with Crippen LogP contribution < -0.4 is 0 Å². The third-order valence-electron chi connectivity index (χ3n) is 6.42. The van der Waals surface area contributed by atoms with E-state index in [4.69, 9.17) is 0 Å². The topological polar surface area (TPSA) is 49.4 Å². The molecule has 0 bridgehead atoms. The zero-order valence-electron chi connectivity index (χ0n) is 18.5. The van der Waals surface area contributed by atoms with Crippen molar-refractivity contribution in [1.29, 1.82) is 0 Å². The summed E-state index contributed by atoms with van der Waals surface area (Å²) in [5, 5.41) is 12.9. The molecule has 0 N–H and O–H groups in total. The number of hydrogen-bond donors (Lipinski definition) is 0. The second-order valence-corrected chi connectivity index (χ2v) is 8.74. The van der Waals surface area contributed by atoms with Crippen LogP contribution in [0, 0.1) is 0 Å². The Labute approximate surface area is 193 Å². The Balaban J connectivity index is 1.56. The summed E-state index contributed by atoms with van der Waals surface area (Å²) in [6, 6.07) is 12.0. The van der Waals surface area contributed by atoms with Gasteiger partial charge in [-0.05, 0) is 17.5 Å². The van der Waals surface area contributed by atoms with Gasteiger partial charge in [0.1, 0.15) is 0 Å². The lowest BCUT2D eigenvalue weighted by atomic mass is 9.85. The number of unbranched alkanes of at least 4 members (excludes halogenated alkanes) is 4. The molecule has 10 heteroatoms. The van der Waals surface area contributed by atoms with E-state index in [1.165, 1.54) is 24.3 Å².